The molecule has 1 aromatic rings. The van der Waals surface area contributed by atoms with Gasteiger partial charge in [0.2, 0.25) is 5.95 Å². The molecule has 17 heavy (non-hydrogen) atoms. The van der Waals surface area contributed by atoms with Gasteiger partial charge < -0.3 is 5.32 Å². The molecule has 0 atom stereocenters. The van der Waals surface area contributed by atoms with Gasteiger partial charge in [0.15, 0.2) is 0 Å². The van der Waals surface area contributed by atoms with Crippen molar-refractivity contribution in [2.24, 2.45) is 5.92 Å². The summed E-state index contributed by atoms with van der Waals surface area (Å²) in [7, 11) is 0. The van der Waals surface area contributed by atoms with E-state index < -0.39 is 0 Å². The van der Waals surface area contributed by atoms with Crippen LogP contribution in [-0.4, -0.2) is 16.5 Å². The molecule has 0 aliphatic rings. The third kappa shape index (κ3) is 4.33. The second kappa shape index (κ2) is 6.58. The normalized spacial score (nSPS) is 11.2. The highest BCUT2D eigenvalue weighted by Gasteiger charge is 2.07. The lowest BCUT2D eigenvalue weighted by molar-refractivity contribution is 0.517. The molecule has 0 aromatic carbocycles. The second-order valence-corrected chi connectivity index (χ2v) is 4.98. The van der Waals surface area contributed by atoms with Crippen molar-refractivity contribution in [3.05, 3.63) is 17.5 Å². The highest BCUT2D eigenvalue weighted by atomic mass is 15.1. The van der Waals surface area contributed by atoms with Gasteiger partial charge in [-0.1, -0.05) is 40.5 Å². The van der Waals surface area contributed by atoms with Crippen molar-refractivity contribution in [3.63, 3.8) is 0 Å². The average Bonchev–Trinajstić information content (AvgIpc) is 2.29. The van der Waals surface area contributed by atoms with E-state index in [4.69, 9.17) is 0 Å². The average molecular weight is 235 g/mol. The largest absolute Gasteiger partial charge is 0.354 e. The summed E-state index contributed by atoms with van der Waals surface area (Å²) in [5.74, 6) is 1.94. The maximum atomic E-state index is 4.55. The zero-order valence-electron chi connectivity index (χ0n) is 11.7. The van der Waals surface area contributed by atoms with Crippen LogP contribution in [0.2, 0.25) is 0 Å². The third-order valence-corrected chi connectivity index (χ3v) is 3.17. The summed E-state index contributed by atoms with van der Waals surface area (Å²) < 4.78 is 0. The molecule has 3 heteroatoms. The van der Waals surface area contributed by atoms with Crippen LogP contribution < -0.4 is 5.32 Å². The number of hydrogen-bond acceptors (Lipinski definition) is 3. The Kier molecular flexibility index (Phi) is 5.39. The van der Waals surface area contributed by atoms with E-state index in [9.17, 15) is 0 Å². The van der Waals surface area contributed by atoms with Gasteiger partial charge in [0.1, 0.15) is 0 Å². The molecule has 0 unspecified atom stereocenters. The first-order valence-corrected chi connectivity index (χ1v) is 6.66. The molecule has 1 N–H and O–H groups in total. The van der Waals surface area contributed by atoms with Gasteiger partial charge in [-0.25, -0.2) is 9.97 Å². The molecule has 96 valence electrons. The minimum absolute atomic E-state index is 0.449. The molecule has 0 saturated carbocycles. The second-order valence-electron chi connectivity index (χ2n) is 4.98. The smallest absolute Gasteiger partial charge is 0.223 e. The first-order valence-electron chi connectivity index (χ1n) is 6.66. The van der Waals surface area contributed by atoms with Gasteiger partial charge in [-0.05, 0) is 24.8 Å². The van der Waals surface area contributed by atoms with Gasteiger partial charge in [0, 0.05) is 17.9 Å². The Labute approximate surface area is 105 Å². The molecule has 1 aromatic heterocycles. The van der Waals surface area contributed by atoms with Crippen LogP contribution in [0.15, 0.2) is 6.07 Å². The Bertz CT molecular complexity index is 343. The summed E-state index contributed by atoms with van der Waals surface area (Å²) >= 11 is 0. The van der Waals surface area contributed by atoms with E-state index in [1.807, 2.05) is 6.92 Å². The highest BCUT2D eigenvalue weighted by molar-refractivity contribution is 5.29. The van der Waals surface area contributed by atoms with E-state index >= 15 is 0 Å². The van der Waals surface area contributed by atoms with Crippen LogP contribution in [-0.2, 0) is 0 Å². The van der Waals surface area contributed by atoms with E-state index in [1.54, 1.807) is 0 Å². The number of aryl methyl sites for hydroxylation is 1. The predicted molar refractivity (Wildman–Crippen MR) is 73.4 cm³/mol. The first-order chi connectivity index (χ1) is 8.06. The van der Waals surface area contributed by atoms with Crippen LogP contribution in [0.1, 0.15) is 57.8 Å². The zero-order chi connectivity index (χ0) is 12.8. The number of nitrogens with zero attached hydrogens (tertiary/aromatic N) is 2. The molecular formula is C14H25N3. The van der Waals surface area contributed by atoms with Gasteiger partial charge >= 0.3 is 0 Å². The van der Waals surface area contributed by atoms with E-state index in [-0.39, 0.29) is 0 Å². The van der Waals surface area contributed by atoms with Crippen molar-refractivity contribution in [2.45, 2.75) is 53.4 Å². The van der Waals surface area contributed by atoms with Crippen molar-refractivity contribution in [3.8, 4) is 0 Å². The fraction of sp³-hybridized carbons (Fsp3) is 0.714. The number of aromatic nitrogens is 2. The Hall–Kier alpha value is -1.12. The fourth-order valence-corrected chi connectivity index (χ4v) is 1.78. The van der Waals surface area contributed by atoms with Crippen LogP contribution in [0.4, 0.5) is 5.95 Å². The fourth-order valence-electron chi connectivity index (χ4n) is 1.78. The quantitative estimate of drug-likeness (QED) is 0.816. The van der Waals surface area contributed by atoms with Crippen molar-refractivity contribution in [1.29, 1.82) is 0 Å². The molecule has 0 aliphatic heterocycles. The van der Waals surface area contributed by atoms with E-state index in [0.717, 1.165) is 23.9 Å². The summed E-state index contributed by atoms with van der Waals surface area (Å²) in [6.07, 6.45) is 2.40. The predicted octanol–water partition coefficient (Wildman–Crippen LogP) is 3.76. The highest BCUT2D eigenvalue weighted by Crippen LogP contribution is 2.15. The van der Waals surface area contributed by atoms with Crippen molar-refractivity contribution >= 4 is 5.95 Å². The van der Waals surface area contributed by atoms with Crippen molar-refractivity contribution in [1.82, 2.24) is 9.97 Å². The topological polar surface area (TPSA) is 37.8 Å². The third-order valence-electron chi connectivity index (χ3n) is 3.17. The molecule has 3 nitrogen and oxygen atoms in total. The van der Waals surface area contributed by atoms with Crippen molar-refractivity contribution in [2.75, 3.05) is 11.9 Å². The van der Waals surface area contributed by atoms with Gasteiger partial charge in [-0.2, -0.15) is 0 Å². The Morgan fingerprint density at radius 2 is 1.82 bits per heavy atom. The maximum absolute atomic E-state index is 4.55. The van der Waals surface area contributed by atoms with E-state index in [1.165, 1.54) is 12.8 Å². The monoisotopic (exact) mass is 235 g/mol. The summed E-state index contributed by atoms with van der Waals surface area (Å²) in [6.45, 7) is 11.8. The molecule has 0 saturated heterocycles. The lowest BCUT2D eigenvalue weighted by atomic mass is 10.0. The zero-order valence-corrected chi connectivity index (χ0v) is 11.7. The van der Waals surface area contributed by atoms with E-state index in [0.29, 0.717) is 11.8 Å². The van der Waals surface area contributed by atoms with Gasteiger partial charge in [-0.15, -0.1) is 0 Å². The SMILES string of the molecule is CCC(CC)CNc1nc(C)cc(C(C)C)n1. The Morgan fingerprint density at radius 1 is 1.18 bits per heavy atom. The number of nitrogens with one attached hydrogen (secondary N) is 1. The number of anilines is 1. The van der Waals surface area contributed by atoms with Gasteiger partial charge in [0.05, 0.1) is 0 Å². The Balaban J connectivity index is 2.70. The summed E-state index contributed by atoms with van der Waals surface area (Å²) in [5, 5.41) is 3.36. The van der Waals surface area contributed by atoms with Crippen molar-refractivity contribution < 1.29 is 0 Å². The summed E-state index contributed by atoms with van der Waals surface area (Å²) in [4.78, 5) is 8.99. The molecule has 0 radical (unpaired) electrons. The summed E-state index contributed by atoms with van der Waals surface area (Å²) in [5.41, 5.74) is 2.15. The molecule has 1 heterocycles. The lowest BCUT2D eigenvalue weighted by Gasteiger charge is -2.14. The number of rotatable bonds is 6. The van der Waals surface area contributed by atoms with Crippen LogP contribution >= 0.6 is 0 Å². The Morgan fingerprint density at radius 3 is 2.35 bits per heavy atom. The lowest BCUT2D eigenvalue weighted by Crippen LogP contribution is -2.15. The molecule has 0 aliphatic carbocycles. The minimum Gasteiger partial charge on any atom is -0.354 e. The molecule has 0 fully saturated rings. The maximum Gasteiger partial charge on any atom is 0.223 e. The standard InChI is InChI=1S/C14H25N3/c1-6-12(7-2)9-15-14-16-11(5)8-13(17-14)10(3)4/h8,10,12H,6-7,9H2,1-5H3,(H,15,16,17). The van der Waals surface area contributed by atoms with Gasteiger partial charge in [0.25, 0.3) is 0 Å². The van der Waals surface area contributed by atoms with E-state index in [2.05, 4.69) is 49.0 Å². The van der Waals surface area contributed by atoms with Gasteiger partial charge in [-0.3, -0.25) is 0 Å². The first kappa shape index (κ1) is 13.9. The van der Waals surface area contributed by atoms with Crippen LogP contribution in [0.5, 0.6) is 0 Å². The van der Waals surface area contributed by atoms with Crippen LogP contribution in [0.3, 0.4) is 0 Å². The number of hydrogen-bond donors (Lipinski definition) is 1. The summed E-state index contributed by atoms with van der Waals surface area (Å²) in [6, 6.07) is 2.06. The van der Waals surface area contributed by atoms with Crippen LogP contribution in [0, 0.1) is 12.8 Å². The molecule has 1 rings (SSSR count). The molecular weight excluding hydrogens is 210 g/mol. The molecule has 0 spiro atoms. The van der Waals surface area contributed by atoms with Crippen LogP contribution in [0.25, 0.3) is 0 Å². The minimum atomic E-state index is 0.449. The molecule has 0 bridgehead atoms. The molecule has 0 amide bonds.